The van der Waals surface area contributed by atoms with Crippen LogP contribution in [0.4, 0.5) is 26.3 Å². The molecule has 4 heterocycles. The van der Waals surface area contributed by atoms with Gasteiger partial charge < -0.3 is 9.38 Å². The Morgan fingerprint density at radius 1 is 0.844 bits per heavy atom. The van der Waals surface area contributed by atoms with Gasteiger partial charge >= 0.3 is 12.4 Å². The second-order valence-electron chi connectivity index (χ2n) is 13.0. The Balaban J connectivity index is 1.44. The number of fused-ring (bicyclic) bond motifs is 3. The first-order valence-corrected chi connectivity index (χ1v) is 15.8. The molecule has 3 nitrogen and oxygen atoms in total. The lowest BCUT2D eigenvalue weighted by Crippen LogP contribution is -2.73. The van der Waals surface area contributed by atoms with Crippen molar-refractivity contribution in [2.45, 2.75) is 68.4 Å². The van der Waals surface area contributed by atoms with Gasteiger partial charge in [-0.05, 0) is 53.9 Å². The van der Waals surface area contributed by atoms with E-state index in [1.807, 2.05) is 24.3 Å². The molecule has 0 radical (unpaired) electrons. The lowest BCUT2D eigenvalue weighted by molar-refractivity contribution is -0.969. The molecule has 3 aromatic carbocycles. The standard InChI is InChI=1S/C34H33Cl2F6N2O/c1-2-44-12-10-31(11-13-44,23-6-4-3-5-7-23)18-29(44)32(24-8-9-27(35)28(36)17-24)19-30(45)43(21-32)20-22-14-25(33(37,38)39)16-26(15-22)34(40,41)42/h3-9,14-17,29H,2,10-13,18-21H2,1H3/q+1. The van der Waals surface area contributed by atoms with Crippen LogP contribution in [0.15, 0.2) is 66.7 Å². The van der Waals surface area contributed by atoms with Crippen molar-refractivity contribution in [1.29, 1.82) is 0 Å². The molecule has 1 amide bonds. The van der Waals surface area contributed by atoms with Gasteiger partial charge in [-0.15, -0.1) is 0 Å². The molecule has 2 atom stereocenters. The van der Waals surface area contributed by atoms with E-state index in [9.17, 15) is 31.1 Å². The summed E-state index contributed by atoms with van der Waals surface area (Å²) in [5.41, 5.74) is -1.87. The Hall–Kier alpha value is -2.75. The molecule has 0 saturated carbocycles. The molecule has 0 spiro atoms. The fourth-order valence-electron chi connectivity index (χ4n) is 8.40. The lowest BCUT2D eigenvalue weighted by atomic mass is 9.57. The highest BCUT2D eigenvalue weighted by atomic mass is 35.5. The van der Waals surface area contributed by atoms with Crippen molar-refractivity contribution in [1.82, 2.24) is 4.90 Å². The van der Waals surface area contributed by atoms with E-state index in [1.54, 1.807) is 12.1 Å². The average molecular weight is 671 g/mol. The fraction of sp³-hybridized carbons (Fsp3) is 0.441. The number of likely N-dealkylation sites (tertiary alicyclic amines) is 1. The van der Waals surface area contributed by atoms with Crippen LogP contribution in [0.2, 0.25) is 10.0 Å². The molecule has 0 aromatic heterocycles. The van der Waals surface area contributed by atoms with Gasteiger partial charge in [0.25, 0.3) is 0 Å². The summed E-state index contributed by atoms with van der Waals surface area (Å²) in [5, 5.41) is 0.676. The first-order valence-electron chi connectivity index (χ1n) is 15.0. The van der Waals surface area contributed by atoms with Gasteiger partial charge in [0, 0.05) is 44.2 Å². The molecule has 2 unspecified atom stereocenters. The Labute approximate surface area is 268 Å². The normalized spacial score (nSPS) is 28.6. The van der Waals surface area contributed by atoms with Gasteiger partial charge in [0.15, 0.2) is 0 Å². The van der Waals surface area contributed by atoms with Crippen LogP contribution in [0.1, 0.15) is 60.4 Å². The van der Waals surface area contributed by atoms with Crippen molar-refractivity contribution in [3.05, 3.63) is 105 Å². The number of quaternary nitrogens is 1. The summed E-state index contributed by atoms with van der Waals surface area (Å²) in [6.45, 7) is 4.53. The van der Waals surface area contributed by atoms with Gasteiger partial charge in [-0.25, -0.2) is 0 Å². The molecular weight excluding hydrogens is 637 g/mol. The Morgan fingerprint density at radius 3 is 2.02 bits per heavy atom. The number of hydrogen-bond donors (Lipinski definition) is 0. The van der Waals surface area contributed by atoms with Gasteiger partial charge in [0.05, 0.1) is 46.2 Å². The third-order valence-electron chi connectivity index (χ3n) is 10.8. The van der Waals surface area contributed by atoms with Crippen LogP contribution in [0.25, 0.3) is 0 Å². The van der Waals surface area contributed by atoms with Crippen molar-refractivity contribution in [2.75, 3.05) is 26.2 Å². The number of benzene rings is 3. The highest BCUT2D eigenvalue weighted by Crippen LogP contribution is 2.56. The second kappa shape index (κ2) is 11.2. The van der Waals surface area contributed by atoms with Crippen LogP contribution in [0.5, 0.6) is 0 Å². The number of likely N-dealkylation sites (N-methyl/N-ethyl adjacent to an activating group) is 1. The number of carbonyl (C=O) groups excluding carboxylic acids is 1. The SMILES string of the molecule is CC[N+]12CCC(c3ccccc3)(CC1)CC2C1(c2ccc(Cl)c(Cl)c2)CC(=O)N(Cc2cc(C(F)(F)F)cc(C(F)(F)F)c2)C1. The molecule has 0 N–H and O–H groups in total. The molecule has 0 aliphatic carbocycles. The van der Waals surface area contributed by atoms with Crippen LogP contribution in [-0.2, 0) is 34.5 Å². The molecule has 2 bridgehead atoms. The summed E-state index contributed by atoms with van der Waals surface area (Å²) >= 11 is 12.8. The summed E-state index contributed by atoms with van der Waals surface area (Å²) in [4.78, 5) is 15.3. The van der Waals surface area contributed by atoms with E-state index in [0.29, 0.717) is 22.2 Å². The van der Waals surface area contributed by atoms with Crippen molar-refractivity contribution in [3.8, 4) is 0 Å². The fourth-order valence-corrected chi connectivity index (χ4v) is 8.70. The van der Waals surface area contributed by atoms with Crippen LogP contribution >= 0.6 is 23.2 Å². The van der Waals surface area contributed by atoms with E-state index in [1.165, 1.54) is 10.5 Å². The van der Waals surface area contributed by atoms with Crippen LogP contribution in [0, 0.1) is 0 Å². The number of hydrogen-bond acceptors (Lipinski definition) is 1. The van der Waals surface area contributed by atoms with Crippen LogP contribution in [-0.4, -0.2) is 47.5 Å². The topological polar surface area (TPSA) is 20.3 Å². The number of carbonyl (C=O) groups is 1. The summed E-state index contributed by atoms with van der Waals surface area (Å²) in [7, 11) is 0. The lowest BCUT2D eigenvalue weighted by Gasteiger charge is -2.63. The number of nitrogens with zero attached hydrogens (tertiary/aromatic N) is 2. The van der Waals surface area contributed by atoms with Crippen LogP contribution < -0.4 is 0 Å². The summed E-state index contributed by atoms with van der Waals surface area (Å²) in [6, 6.07) is 17.2. The minimum atomic E-state index is -4.98. The molecule has 4 fully saturated rings. The Morgan fingerprint density at radius 2 is 1.47 bits per heavy atom. The summed E-state index contributed by atoms with van der Waals surface area (Å²) in [6.07, 6.45) is -7.14. The van der Waals surface area contributed by atoms with Crippen molar-refractivity contribution >= 4 is 29.1 Å². The maximum atomic E-state index is 13.9. The molecule has 4 aliphatic rings. The first kappa shape index (κ1) is 32.2. The van der Waals surface area contributed by atoms with Crippen molar-refractivity contribution in [2.24, 2.45) is 0 Å². The van der Waals surface area contributed by atoms with Crippen LogP contribution in [0.3, 0.4) is 0 Å². The molecule has 240 valence electrons. The monoisotopic (exact) mass is 669 g/mol. The van der Waals surface area contributed by atoms with E-state index in [4.69, 9.17) is 23.2 Å². The van der Waals surface area contributed by atoms with Gasteiger partial charge in [-0.2, -0.15) is 26.3 Å². The second-order valence-corrected chi connectivity index (χ2v) is 13.8. The Bertz CT molecular complexity index is 1570. The maximum absolute atomic E-state index is 13.9. The first-order chi connectivity index (χ1) is 21.1. The molecular formula is C34H33Cl2F6N2O+. The van der Waals surface area contributed by atoms with Gasteiger partial charge in [0.1, 0.15) is 6.04 Å². The minimum absolute atomic E-state index is 0.0522. The zero-order chi connectivity index (χ0) is 32.4. The predicted molar refractivity (Wildman–Crippen MR) is 161 cm³/mol. The van der Waals surface area contributed by atoms with Gasteiger partial charge in [0.2, 0.25) is 5.91 Å². The number of piperidine rings is 3. The van der Waals surface area contributed by atoms with E-state index in [0.717, 1.165) is 48.9 Å². The average Bonchev–Trinajstić information content (AvgIpc) is 3.34. The highest BCUT2D eigenvalue weighted by molar-refractivity contribution is 6.42. The molecule has 3 aromatic rings. The smallest absolute Gasteiger partial charge is 0.337 e. The maximum Gasteiger partial charge on any atom is 0.416 e. The Kier molecular flexibility index (Phi) is 8.01. The molecule has 11 heteroatoms. The molecule has 4 aliphatic heterocycles. The van der Waals surface area contributed by atoms with E-state index < -0.39 is 28.9 Å². The van der Waals surface area contributed by atoms with E-state index >= 15 is 0 Å². The third kappa shape index (κ3) is 5.63. The summed E-state index contributed by atoms with van der Waals surface area (Å²) in [5.74, 6) is -0.322. The summed E-state index contributed by atoms with van der Waals surface area (Å²) < 4.78 is 82.7. The van der Waals surface area contributed by atoms with E-state index in [-0.39, 0.29) is 48.5 Å². The van der Waals surface area contributed by atoms with E-state index in [2.05, 4.69) is 19.1 Å². The number of amides is 1. The number of alkyl halides is 6. The highest BCUT2D eigenvalue weighted by Gasteiger charge is 2.64. The quantitative estimate of drug-likeness (QED) is 0.189. The molecule has 45 heavy (non-hydrogen) atoms. The largest absolute Gasteiger partial charge is 0.416 e. The van der Waals surface area contributed by atoms with Gasteiger partial charge in [-0.3, -0.25) is 4.79 Å². The predicted octanol–water partition coefficient (Wildman–Crippen LogP) is 9.04. The van der Waals surface area contributed by atoms with Crippen molar-refractivity contribution < 1.29 is 35.6 Å². The molecule has 4 saturated heterocycles. The third-order valence-corrected chi connectivity index (χ3v) is 11.5. The number of rotatable bonds is 6. The van der Waals surface area contributed by atoms with Gasteiger partial charge in [-0.1, -0.05) is 59.6 Å². The molecule has 7 rings (SSSR count). The minimum Gasteiger partial charge on any atom is -0.337 e. The number of halogens is 8. The zero-order valence-corrected chi connectivity index (χ0v) is 26.1. The zero-order valence-electron chi connectivity index (χ0n) is 24.6. The van der Waals surface area contributed by atoms with Crippen molar-refractivity contribution in [3.63, 3.8) is 0 Å².